The SMILES string of the molecule is CC(C)Nc1cccn(-c2ccc(C3CCN(C)CC3)cc2)c1=O. The number of hydrogen-bond acceptors (Lipinski definition) is 3. The summed E-state index contributed by atoms with van der Waals surface area (Å²) in [5.74, 6) is 0.640. The zero-order valence-corrected chi connectivity index (χ0v) is 14.8. The molecule has 2 aromatic rings. The van der Waals surface area contributed by atoms with Crippen LogP contribution >= 0.6 is 0 Å². The van der Waals surface area contributed by atoms with Gasteiger partial charge in [-0.2, -0.15) is 0 Å². The van der Waals surface area contributed by atoms with Crippen LogP contribution < -0.4 is 10.9 Å². The fraction of sp³-hybridized carbons (Fsp3) is 0.450. The Labute approximate surface area is 144 Å². The molecule has 24 heavy (non-hydrogen) atoms. The summed E-state index contributed by atoms with van der Waals surface area (Å²) in [7, 11) is 2.18. The third kappa shape index (κ3) is 3.70. The molecule has 0 amide bonds. The highest BCUT2D eigenvalue weighted by atomic mass is 16.1. The van der Waals surface area contributed by atoms with Crippen molar-refractivity contribution in [2.75, 3.05) is 25.5 Å². The van der Waals surface area contributed by atoms with Crippen molar-refractivity contribution in [2.24, 2.45) is 0 Å². The predicted molar refractivity (Wildman–Crippen MR) is 100 cm³/mol. The zero-order chi connectivity index (χ0) is 17.1. The topological polar surface area (TPSA) is 37.3 Å². The maximum atomic E-state index is 12.6. The Morgan fingerprint density at radius 3 is 2.38 bits per heavy atom. The maximum absolute atomic E-state index is 12.6. The molecule has 0 unspecified atom stereocenters. The number of anilines is 1. The van der Waals surface area contributed by atoms with Crippen molar-refractivity contribution >= 4 is 5.69 Å². The van der Waals surface area contributed by atoms with Gasteiger partial charge >= 0.3 is 0 Å². The van der Waals surface area contributed by atoms with Gasteiger partial charge in [-0.3, -0.25) is 9.36 Å². The molecule has 0 radical (unpaired) electrons. The largest absolute Gasteiger partial charge is 0.378 e. The van der Waals surface area contributed by atoms with E-state index in [0.717, 1.165) is 18.8 Å². The summed E-state index contributed by atoms with van der Waals surface area (Å²) in [5.41, 5.74) is 2.95. The highest BCUT2D eigenvalue weighted by molar-refractivity contribution is 5.45. The predicted octanol–water partition coefficient (Wildman–Crippen LogP) is 3.47. The number of benzene rings is 1. The molecule has 0 spiro atoms. The number of piperidine rings is 1. The standard InChI is InChI=1S/C20H27N3O/c1-15(2)21-19-5-4-12-23(20(19)24)18-8-6-16(7-9-18)17-10-13-22(3)14-11-17/h4-9,12,15,17,21H,10-11,13-14H2,1-3H3. The summed E-state index contributed by atoms with van der Waals surface area (Å²) in [6.07, 6.45) is 4.26. The van der Waals surface area contributed by atoms with E-state index < -0.39 is 0 Å². The third-order valence-electron chi connectivity index (χ3n) is 4.75. The van der Waals surface area contributed by atoms with Crippen LogP contribution in [0.25, 0.3) is 5.69 Å². The van der Waals surface area contributed by atoms with Crippen LogP contribution in [0, 0.1) is 0 Å². The molecule has 1 aliphatic rings. The van der Waals surface area contributed by atoms with E-state index in [1.54, 1.807) is 4.57 Å². The van der Waals surface area contributed by atoms with Gasteiger partial charge in [-0.15, -0.1) is 0 Å². The summed E-state index contributed by atoms with van der Waals surface area (Å²) in [6, 6.07) is 12.5. The van der Waals surface area contributed by atoms with Gasteiger partial charge in [0.25, 0.3) is 5.56 Å². The molecule has 128 valence electrons. The second kappa shape index (κ2) is 7.22. The molecule has 2 heterocycles. The Morgan fingerprint density at radius 2 is 1.75 bits per heavy atom. The van der Waals surface area contributed by atoms with Crippen LogP contribution in [-0.4, -0.2) is 35.6 Å². The minimum atomic E-state index is -0.00163. The van der Waals surface area contributed by atoms with E-state index in [1.165, 1.54) is 18.4 Å². The first-order chi connectivity index (χ1) is 11.5. The van der Waals surface area contributed by atoms with Crippen molar-refractivity contribution < 1.29 is 0 Å². The van der Waals surface area contributed by atoms with Crippen LogP contribution in [0.4, 0.5) is 5.69 Å². The third-order valence-corrected chi connectivity index (χ3v) is 4.75. The molecule has 1 N–H and O–H groups in total. The number of likely N-dealkylation sites (tertiary alicyclic amines) is 1. The lowest BCUT2D eigenvalue weighted by molar-refractivity contribution is 0.255. The van der Waals surface area contributed by atoms with Crippen LogP contribution in [0.3, 0.4) is 0 Å². The maximum Gasteiger partial charge on any atom is 0.278 e. The Bertz CT molecular complexity index is 725. The molecule has 4 nitrogen and oxygen atoms in total. The Morgan fingerprint density at radius 1 is 1.08 bits per heavy atom. The van der Waals surface area contributed by atoms with Gasteiger partial charge in [0, 0.05) is 17.9 Å². The lowest BCUT2D eigenvalue weighted by Gasteiger charge is -2.29. The molecule has 0 aliphatic carbocycles. The Balaban J connectivity index is 1.82. The fourth-order valence-electron chi connectivity index (χ4n) is 3.37. The lowest BCUT2D eigenvalue weighted by atomic mass is 9.89. The summed E-state index contributed by atoms with van der Waals surface area (Å²) in [4.78, 5) is 15.0. The van der Waals surface area contributed by atoms with Crippen molar-refractivity contribution in [1.82, 2.24) is 9.47 Å². The Kier molecular flexibility index (Phi) is 5.05. The summed E-state index contributed by atoms with van der Waals surface area (Å²) in [5, 5.41) is 3.21. The first-order valence-electron chi connectivity index (χ1n) is 8.81. The fourth-order valence-corrected chi connectivity index (χ4v) is 3.37. The van der Waals surface area contributed by atoms with Crippen molar-refractivity contribution in [3.05, 3.63) is 58.5 Å². The lowest BCUT2D eigenvalue weighted by Crippen LogP contribution is -2.29. The van der Waals surface area contributed by atoms with E-state index in [1.807, 2.05) is 32.2 Å². The van der Waals surface area contributed by atoms with Crippen molar-refractivity contribution in [3.63, 3.8) is 0 Å². The number of pyridine rings is 1. The second-order valence-electron chi connectivity index (χ2n) is 7.07. The van der Waals surface area contributed by atoms with E-state index in [2.05, 4.69) is 41.5 Å². The normalized spacial score (nSPS) is 16.5. The first-order valence-corrected chi connectivity index (χ1v) is 8.81. The van der Waals surface area contributed by atoms with Gasteiger partial charge in [0.2, 0.25) is 0 Å². The van der Waals surface area contributed by atoms with Gasteiger partial charge < -0.3 is 10.2 Å². The number of rotatable bonds is 4. The van der Waals surface area contributed by atoms with Crippen molar-refractivity contribution in [2.45, 2.75) is 38.6 Å². The molecular formula is C20H27N3O. The van der Waals surface area contributed by atoms with E-state index in [-0.39, 0.29) is 11.6 Å². The molecule has 0 saturated carbocycles. The first kappa shape index (κ1) is 16.8. The average Bonchev–Trinajstić information content (AvgIpc) is 2.57. The zero-order valence-electron chi connectivity index (χ0n) is 14.8. The second-order valence-corrected chi connectivity index (χ2v) is 7.07. The van der Waals surface area contributed by atoms with Crippen molar-refractivity contribution in [1.29, 1.82) is 0 Å². The molecule has 1 aliphatic heterocycles. The molecule has 1 aromatic carbocycles. The van der Waals surface area contributed by atoms with Gasteiger partial charge in [0.05, 0.1) is 0 Å². The van der Waals surface area contributed by atoms with Crippen LogP contribution in [0.15, 0.2) is 47.4 Å². The number of aromatic nitrogens is 1. The van der Waals surface area contributed by atoms with Crippen LogP contribution in [-0.2, 0) is 0 Å². The number of nitrogens with zero attached hydrogens (tertiary/aromatic N) is 2. The number of nitrogens with one attached hydrogen (secondary N) is 1. The van der Waals surface area contributed by atoms with E-state index in [0.29, 0.717) is 11.6 Å². The molecule has 1 fully saturated rings. The van der Waals surface area contributed by atoms with Gasteiger partial charge in [0.1, 0.15) is 5.69 Å². The molecule has 1 saturated heterocycles. The summed E-state index contributed by atoms with van der Waals surface area (Å²) >= 11 is 0. The number of hydrogen-bond donors (Lipinski definition) is 1. The minimum Gasteiger partial charge on any atom is -0.378 e. The molecule has 1 aromatic heterocycles. The van der Waals surface area contributed by atoms with Gasteiger partial charge in [-0.25, -0.2) is 0 Å². The van der Waals surface area contributed by atoms with Crippen LogP contribution in [0.5, 0.6) is 0 Å². The highest BCUT2D eigenvalue weighted by Crippen LogP contribution is 2.27. The molecule has 0 bridgehead atoms. The highest BCUT2D eigenvalue weighted by Gasteiger charge is 2.18. The molecule has 4 heteroatoms. The van der Waals surface area contributed by atoms with Crippen molar-refractivity contribution in [3.8, 4) is 5.69 Å². The molecule has 0 atom stereocenters. The van der Waals surface area contributed by atoms with E-state index in [9.17, 15) is 4.79 Å². The minimum absolute atomic E-state index is 0.00163. The Hall–Kier alpha value is -2.07. The van der Waals surface area contributed by atoms with E-state index in [4.69, 9.17) is 0 Å². The van der Waals surface area contributed by atoms with Crippen LogP contribution in [0.1, 0.15) is 38.2 Å². The summed E-state index contributed by atoms with van der Waals surface area (Å²) < 4.78 is 1.71. The van der Waals surface area contributed by atoms with Gasteiger partial charge in [-0.1, -0.05) is 12.1 Å². The summed E-state index contributed by atoms with van der Waals surface area (Å²) in [6.45, 7) is 6.39. The van der Waals surface area contributed by atoms with Gasteiger partial charge in [-0.05, 0) is 82.6 Å². The monoisotopic (exact) mass is 325 g/mol. The smallest absolute Gasteiger partial charge is 0.278 e. The van der Waals surface area contributed by atoms with Crippen LogP contribution in [0.2, 0.25) is 0 Å². The molecule has 3 rings (SSSR count). The average molecular weight is 325 g/mol. The quantitative estimate of drug-likeness (QED) is 0.935. The van der Waals surface area contributed by atoms with E-state index >= 15 is 0 Å². The van der Waals surface area contributed by atoms with Gasteiger partial charge in [0.15, 0.2) is 0 Å². The molecular weight excluding hydrogens is 298 g/mol.